The van der Waals surface area contributed by atoms with E-state index in [2.05, 4.69) is 34.2 Å². The number of rotatable bonds is 4. The Labute approximate surface area is 163 Å². The van der Waals surface area contributed by atoms with Crippen molar-refractivity contribution >= 4 is 5.91 Å². The number of piperidine rings is 2. The van der Waals surface area contributed by atoms with E-state index in [4.69, 9.17) is 4.74 Å². The summed E-state index contributed by atoms with van der Waals surface area (Å²) in [4.78, 5) is 17.8. The normalized spacial score (nSPS) is 25.7. The van der Waals surface area contributed by atoms with Gasteiger partial charge in [-0.2, -0.15) is 0 Å². The van der Waals surface area contributed by atoms with E-state index < -0.39 is 0 Å². The molecule has 3 fully saturated rings. The first-order valence-corrected chi connectivity index (χ1v) is 10.7. The van der Waals surface area contributed by atoms with Crippen molar-refractivity contribution in [3.05, 3.63) is 29.8 Å². The quantitative estimate of drug-likeness (QED) is 0.884. The van der Waals surface area contributed by atoms with Crippen LogP contribution < -0.4 is 10.1 Å². The molecule has 3 aliphatic heterocycles. The van der Waals surface area contributed by atoms with Crippen molar-refractivity contribution < 1.29 is 9.53 Å². The molecular formula is C22H33N3O2. The van der Waals surface area contributed by atoms with Crippen LogP contribution in [0.25, 0.3) is 0 Å². The maximum Gasteiger partial charge on any atom is 0.239 e. The number of carbonyl (C=O) groups is 1. The van der Waals surface area contributed by atoms with E-state index in [1.54, 1.807) is 0 Å². The van der Waals surface area contributed by atoms with Crippen LogP contribution in [0.4, 0.5) is 0 Å². The molecule has 0 aliphatic carbocycles. The number of ether oxygens (including phenoxy) is 1. The molecule has 0 spiro atoms. The van der Waals surface area contributed by atoms with Crippen molar-refractivity contribution in [2.75, 3.05) is 32.7 Å². The number of benzene rings is 1. The van der Waals surface area contributed by atoms with E-state index in [0.29, 0.717) is 11.9 Å². The van der Waals surface area contributed by atoms with Crippen LogP contribution in [0.1, 0.15) is 44.1 Å². The summed E-state index contributed by atoms with van der Waals surface area (Å²) in [6.07, 6.45) is 6.63. The summed E-state index contributed by atoms with van der Waals surface area (Å²) in [5.41, 5.74) is 1.22. The van der Waals surface area contributed by atoms with Gasteiger partial charge < -0.3 is 15.0 Å². The summed E-state index contributed by atoms with van der Waals surface area (Å²) in [5.74, 6) is 1.31. The van der Waals surface area contributed by atoms with Crippen LogP contribution >= 0.6 is 0 Å². The number of likely N-dealkylation sites (tertiary alicyclic amines) is 2. The lowest BCUT2D eigenvalue weighted by molar-refractivity contribution is -0.138. The smallest absolute Gasteiger partial charge is 0.239 e. The molecule has 3 saturated heterocycles. The van der Waals surface area contributed by atoms with Gasteiger partial charge in [0.1, 0.15) is 11.9 Å². The molecule has 0 bridgehead atoms. The van der Waals surface area contributed by atoms with Crippen molar-refractivity contribution in [2.24, 2.45) is 0 Å². The van der Waals surface area contributed by atoms with Gasteiger partial charge >= 0.3 is 0 Å². The first-order chi connectivity index (χ1) is 13.2. The highest BCUT2D eigenvalue weighted by Gasteiger charge is 2.38. The first kappa shape index (κ1) is 18.8. The molecule has 3 aliphatic rings. The second-order valence-corrected chi connectivity index (χ2v) is 8.34. The Kier molecular flexibility index (Phi) is 5.98. The summed E-state index contributed by atoms with van der Waals surface area (Å²) in [6, 6.07) is 8.95. The number of amides is 1. The lowest BCUT2D eigenvalue weighted by Crippen LogP contribution is -2.53. The van der Waals surface area contributed by atoms with Gasteiger partial charge in [0.25, 0.3) is 0 Å². The fourth-order valence-electron chi connectivity index (χ4n) is 4.92. The molecule has 5 heteroatoms. The Morgan fingerprint density at radius 1 is 1.07 bits per heavy atom. The van der Waals surface area contributed by atoms with Crippen molar-refractivity contribution in [1.29, 1.82) is 0 Å². The summed E-state index contributed by atoms with van der Waals surface area (Å²) >= 11 is 0. The summed E-state index contributed by atoms with van der Waals surface area (Å²) < 4.78 is 6.15. The van der Waals surface area contributed by atoms with Crippen LogP contribution in [0.3, 0.4) is 0 Å². The highest BCUT2D eigenvalue weighted by Crippen LogP contribution is 2.27. The number of aryl methyl sites for hydroxylation is 1. The Hall–Kier alpha value is -1.59. The van der Waals surface area contributed by atoms with Crippen LogP contribution in [0, 0.1) is 6.92 Å². The topological polar surface area (TPSA) is 44.8 Å². The number of carbonyl (C=O) groups excluding carboxylic acids is 1. The molecule has 0 radical (unpaired) electrons. The fourth-order valence-corrected chi connectivity index (χ4v) is 4.92. The van der Waals surface area contributed by atoms with E-state index in [9.17, 15) is 4.79 Å². The summed E-state index contributed by atoms with van der Waals surface area (Å²) in [6.45, 7) is 7.00. The van der Waals surface area contributed by atoms with Crippen LogP contribution in [0.15, 0.2) is 24.3 Å². The molecule has 0 aromatic heterocycles. The fraction of sp³-hybridized carbons (Fsp3) is 0.682. The average Bonchev–Trinajstić information content (AvgIpc) is 3.19. The molecule has 1 aromatic rings. The molecule has 1 atom stereocenters. The van der Waals surface area contributed by atoms with Crippen LogP contribution in [-0.2, 0) is 4.79 Å². The predicted octanol–water partition coefficient (Wildman–Crippen LogP) is 2.58. The number of hydrogen-bond acceptors (Lipinski definition) is 4. The standard InChI is InChI=1S/C22H33N3O2/c1-17-4-2-5-20(16-17)27-19-9-14-24(15-10-19)22(26)21-6-3-13-25(21)18-7-11-23-12-8-18/h2,4-5,16,18-19,21,23H,3,6-15H2,1H3. The number of nitrogens with zero attached hydrogens (tertiary/aromatic N) is 2. The zero-order valence-electron chi connectivity index (χ0n) is 16.5. The van der Waals surface area contributed by atoms with Gasteiger partial charge in [-0.3, -0.25) is 9.69 Å². The minimum atomic E-state index is 0.113. The largest absolute Gasteiger partial charge is 0.490 e. The predicted molar refractivity (Wildman–Crippen MR) is 107 cm³/mol. The lowest BCUT2D eigenvalue weighted by atomic mass is 10.0. The Bertz CT molecular complexity index is 636. The Balaban J connectivity index is 1.30. The van der Waals surface area contributed by atoms with Crippen LogP contribution in [0.2, 0.25) is 0 Å². The van der Waals surface area contributed by atoms with Gasteiger partial charge in [0.2, 0.25) is 5.91 Å². The van der Waals surface area contributed by atoms with Gasteiger partial charge in [-0.05, 0) is 69.9 Å². The molecule has 1 unspecified atom stereocenters. The van der Waals surface area contributed by atoms with Crippen molar-refractivity contribution in [3.8, 4) is 5.75 Å². The molecule has 0 saturated carbocycles. The number of nitrogens with one attached hydrogen (secondary N) is 1. The molecule has 27 heavy (non-hydrogen) atoms. The molecule has 1 aromatic carbocycles. The molecule has 148 valence electrons. The molecular weight excluding hydrogens is 338 g/mol. The monoisotopic (exact) mass is 371 g/mol. The SMILES string of the molecule is Cc1cccc(OC2CCN(C(=O)C3CCCN3C3CCNCC3)CC2)c1. The highest BCUT2D eigenvalue weighted by molar-refractivity contribution is 5.82. The zero-order chi connectivity index (χ0) is 18.6. The highest BCUT2D eigenvalue weighted by atomic mass is 16.5. The summed E-state index contributed by atoms with van der Waals surface area (Å²) in [7, 11) is 0. The lowest BCUT2D eigenvalue weighted by Gasteiger charge is -2.39. The molecule has 5 nitrogen and oxygen atoms in total. The maximum atomic E-state index is 13.2. The molecule has 4 rings (SSSR count). The minimum Gasteiger partial charge on any atom is -0.490 e. The third-order valence-corrected chi connectivity index (χ3v) is 6.40. The van der Waals surface area contributed by atoms with Gasteiger partial charge in [0.15, 0.2) is 0 Å². The van der Waals surface area contributed by atoms with Crippen molar-refractivity contribution in [1.82, 2.24) is 15.1 Å². The van der Waals surface area contributed by atoms with Crippen molar-refractivity contribution in [3.63, 3.8) is 0 Å². The van der Waals surface area contributed by atoms with Gasteiger partial charge in [0.05, 0.1) is 6.04 Å². The zero-order valence-corrected chi connectivity index (χ0v) is 16.5. The first-order valence-electron chi connectivity index (χ1n) is 10.7. The van der Waals surface area contributed by atoms with Crippen LogP contribution in [0.5, 0.6) is 5.75 Å². The van der Waals surface area contributed by atoms with E-state index in [0.717, 1.165) is 64.2 Å². The van der Waals surface area contributed by atoms with Gasteiger partial charge in [-0.15, -0.1) is 0 Å². The minimum absolute atomic E-state index is 0.113. The molecule has 3 heterocycles. The van der Waals surface area contributed by atoms with E-state index in [1.165, 1.54) is 18.4 Å². The second kappa shape index (κ2) is 8.61. The summed E-state index contributed by atoms with van der Waals surface area (Å²) in [5, 5.41) is 3.44. The number of hydrogen-bond donors (Lipinski definition) is 1. The Morgan fingerprint density at radius 2 is 1.85 bits per heavy atom. The maximum absolute atomic E-state index is 13.2. The second-order valence-electron chi connectivity index (χ2n) is 8.34. The molecule has 1 amide bonds. The van der Waals surface area contributed by atoms with Crippen LogP contribution in [-0.4, -0.2) is 66.6 Å². The van der Waals surface area contributed by atoms with Crippen molar-refractivity contribution in [2.45, 2.75) is 63.6 Å². The van der Waals surface area contributed by atoms with Gasteiger partial charge in [0, 0.05) is 32.0 Å². The van der Waals surface area contributed by atoms with E-state index in [-0.39, 0.29) is 12.1 Å². The third kappa shape index (κ3) is 4.46. The molecule has 1 N–H and O–H groups in total. The van der Waals surface area contributed by atoms with Gasteiger partial charge in [-0.25, -0.2) is 0 Å². The Morgan fingerprint density at radius 3 is 2.59 bits per heavy atom. The van der Waals surface area contributed by atoms with Gasteiger partial charge in [-0.1, -0.05) is 12.1 Å². The van der Waals surface area contributed by atoms with E-state index >= 15 is 0 Å². The van der Waals surface area contributed by atoms with E-state index in [1.807, 2.05) is 12.1 Å². The average molecular weight is 372 g/mol. The third-order valence-electron chi connectivity index (χ3n) is 6.40.